The number of rotatable bonds is 4. The van der Waals surface area contributed by atoms with Crippen LogP contribution in [-0.2, 0) is 6.42 Å². The van der Waals surface area contributed by atoms with Gasteiger partial charge in [0.25, 0.3) is 0 Å². The number of anilines is 1. The summed E-state index contributed by atoms with van der Waals surface area (Å²) < 4.78 is 0. The Kier molecular flexibility index (Phi) is 4.14. The van der Waals surface area contributed by atoms with Crippen LogP contribution in [0.25, 0.3) is 16.8 Å². The van der Waals surface area contributed by atoms with Crippen molar-refractivity contribution in [2.45, 2.75) is 20.3 Å². The van der Waals surface area contributed by atoms with Gasteiger partial charge in [0.1, 0.15) is 0 Å². The van der Waals surface area contributed by atoms with E-state index in [1.165, 1.54) is 22.3 Å². The van der Waals surface area contributed by atoms with Crippen molar-refractivity contribution in [1.29, 1.82) is 0 Å². The van der Waals surface area contributed by atoms with E-state index in [-0.39, 0.29) is 0 Å². The first kappa shape index (κ1) is 14.2. The van der Waals surface area contributed by atoms with Gasteiger partial charge < -0.3 is 11.1 Å². The molecule has 0 aliphatic heterocycles. The maximum absolute atomic E-state index is 6.04. The first-order valence-corrected chi connectivity index (χ1v) is 6.93. The van der Waals surface area contributed by atoms with Gasteiger partial charge in [0.05, 0.1) is 0 Å². The van der Waals surface area contributed by atoms with Crippen molar-refractivity contribution in [3.05, 3.63) is 59.7 Å². The normalized spacial score (nSPS) is 10.3. The van der Waals surface area contributed by atoms with Gasteiger partial charge in [-0.25, -0.2) is 0 Å². The van der Waals surface area contributed by atoms with Crippen LogP contribution in [0.2, 0.25) is 0 Å². The molecule has 2 nitrogen and oxygen atoms in total. The van der Waals surface area contributed by atoms with E-state index in [0.717, 1.165) is 23.4 Å². The monoisotopic (exact) mass is 266 g/mol. The molecule has 2 aromatic carbocycles. The Balaban J connectivity index is 2.44. The lowest BCUT2D eigenvalue weighted by Gasteiger charge is -2.12. The molecule has 0 unspecified atom stereocenters. The molecule has 0 bridgehead atoms. The van der Waals surface area contributed by atoms with Gasteiger partial charge in [-0.2, -0.15) is 0 Å². The zero-order valence-corrected chi connectivity index (χ0v) is 12.5. The summed E-state index contributed by atoms with van der Waals surface area (Å²) >= 11 is 0. The molecule has 0 saturated carbocycles. The molecule has 0 amide bonds. The molecule has 2 rings (SSSR count). The molecule has 104 valence electrons. The summed E-state index contributed by atoms with van der Waals surface area (Å²) in [4.78, 5) is 0. The Bertz CT molecular complexity index is 625. The van der Waals surface area contributed by atoms with Crippen LogP contribution < -0.4 is 11.1 Å². The van der Waals surface area contributed by atoms with Crippen molar-refractivity contribution in [3.8, 4) is 11.1 Å². The number of hydrogen-bond donors (Lipinski definition) is 2. The fraction of sp³-hybridized carbons (Fsp3) is 0.222. The maximum atomic E-state index is 6.04. The minimum Gasteiger partial charge on any atom is -0.398 e. The van der Waals surface area contributed by atoms with Crippen LogP contribution in [0.4, 0.5) is 5.69 Å². The summed E-state index contributed by atoms with van der Waals surface area (Å²) in [6.07, 6.45) is 0.952. The van der Waals surface area contributed by atoms with Gasteiger partial charge in [-0.15, -0.1) is 0 Å². The Hall–Kier alpha value is -2.22. The summed E-state index contributed by atoms with van der Waals surface area (Å²) in [5.74, 6) is 0. The zero-order valence-electron chi connectivity index (χ0n) is 12.5. The quantitative estimate of drug-likeness (QED) is 0.821. The number of nitrogens with one attached hydrogen (secondary N) is 1. The van der Waals surface area contributed by atoms with Gasteiger partial charge in [-0.1, -0.05) is 37.8 Å². The summed E-state index contributed by atoms with van der Waals surface area (Å²) in [5, 5.41) is 3.07. The molecule has 0 aromatic heterocycles. The van der Waals surface area contributed by atoms with Crippen molar-refractivity contribution in [2.24, 2.45) is 0 Å². The topological polar surface area (TPSA) is 38.0 Å². The largest absolute Gasteiger partial charge is 0.398 e. The van der Waals surface area contributed by atoms with Gasteiger partial charge in [-0.3, -0.25) is 0 Å². The first-order valence-electron chi connectivity index (χ1n) is 6.93. The highest BCUT2D eigenvalue weighted by molar-refractivity contribution is 5.73. The van der Waals surface area contributed by atoms with Crippen LogP contribution in [0.5, 0.6) is 0 Å². The highest BCUT2D eigenvalue weighted by Crippen LogP contribution is 2.29. The fourth-order valence-electron chi connectivity index (χ4n) is 2.39. The average molecular weight is 266 g/mol. The predicted octanol–water partition coefficient (Wildman–Crippen LogP) is 4.00. The summed E-state index contributed by atoms with van der Waals surface area (Å²) in [7, 11) is 1.88. The minimum absolute atomic E-state index is 0.883. The third-order valence-corrected chi connectivity index (χ3v) is 3.71. The molecule has 2 aromatic rings. The third kappa shape index (κ3) is 2.69. The highest BCUT2D eigenvalue weighted by Gasteiger charge is 2.07. The second-order valence-corrected chi connectivity index (χ2v) is 5.03. The van der Waals surface area contributed by atoms with E-state index in [1.807, 2.05) is 7.05 Å². The molecule has 0 aliphatic rings. The molecule has 3 N–H and O–H groups in total. The molecule has 2 heteroatoms. The number of benzene rings is 2. The Labute approximate surface area is 121 Å². The van der Waals surface area contributed by atoms with Crippen molar-refractivity contribution in [3.63, 3.8) is 0 Å². The molecular weight excluding hydrogens is 244 g/mol. The summed E-state index contributed by atoms with van der Waals surface area (Å²) in [6, 6.07) is 12.7. The lowest BCUT2D eigenvalue weighted by molar-refractivity contribution is 1.13. The van der Waals surface area contributed by atoms with E-state index in [0.29, 0.717) is 0 Å². The van der Waals surface area contributed by atoms with E-state index in [2.05, 4.69) is 62.1 Å². The third-order valence-electron chi connectivity index (χ3n) is 3.71. The van der Waals surface area contributed by atoms with E-state index >= 15 is 0 Å². The molecule has 0 atom stereocenters. The number of aryl methyl sites for hydroxylation is 2. The zero-order chi connectivity index (χ0) is 14.7. The van der Waals surface area contributed by atoms with Gasteiger partial charge in [0.2, 0.25) is 0 Å². The lowest BCUT2D eigenvalue weighted by atomic mass is 9.95. The van der Waals surface area contributed by atoms with Crippen LogP contribution in [-0.4, -0.2) is 7.05 Å². The molecule has 0 spiro atoms. The van der Waals surface area contributed by atoms with Gasteiger partial charge in [0.15, 0.2) is 0 Å². The maximum Gasteiger partial charge on any atom is 0.0349 e. The van der Waals surface area contributed by atoms with E-state index in [4.69, 9.17) is 5.73 Å². The van der Waals surface area contributed by atoms with Gasteiger partial charge in [-0.05, 0) is 53.3 Å². The molecule has 0 fully saturated rings. The van der Waals surface area contributed by atoms with E-state index in [9.17, 15) is 0 Å². The van der Waals surface area contributed by atoms with Crippen LogP contribution in [0.15, 0.2) is 43.0 Å². The minimum atomic E-state index is 0.883. The van der Waals surface area contributed by atoms with Crippen molar-refractivity contribution >= 4 is 11.4 Å². The van der Waals surface area contributed by atoms with Crippen LogP contribution in [0.3, 0.4) is 0 Å². The Morgan fingerprint density at radius 3 is 2.40 bits per heavy atom. The predicted molar refractivity (Wildman–Crippen MR) is 88.5 cm³/mol. The Morgan fingerprint density at radius 1 is 1.20 bits per heavy atom. The average Bonchev–Trinajstić information content (AvgIpc) is 2.47. The number of nitrogen functional groups attached to an aromatic ring is 1. The van der Waals surface area contributed by atoms with Crippen molar-refractivity contribution < 1.29 is 0 Å². The molecular formula is C18H22N2. The summed E-state index contributed by atoms with van der Waals surface area (Å²) in [5.41, 5.74) is 13.8. The van der Waals surface area contributed by atoms with Gasteiger partial charge >= 0.3 is 0 Å². The molecule has 0 saturated heterocycles. The number of hydrogen-bond acceptors (Lipinski definition) is 2. The number of nitrogens with two attached hydrogens (primary N) is 1. The SMILES string of the molecule is C=C(NC)c1ccc(-c2cc(CC)c(N)cc2C)cc1. The fourth-order valence-corrected chi connectivity index (χ4v) is 2.39. The standard InChI is InChI=1S/C18H22N2/c1-5-14-11-17(12(2)10-18(14)19)16-8-6-15(7-9-16)13(3)20-4/h6-11,20H,3,5,19H2,1-2,4H3. The molecule has 0 radical (unpaired) electrons. The van der Waals surface area contributed by atoms with Crippen molar-refractivity contribution in [2.75, 3.05) is 12.8 Å². The van der Waals surface area contributed by atoms with Crippen LogP contribution in [0.1, 0.15) is 23.6 Å². The highest BCUT2D eigenvalue weighted by atomic mass is 14.8. The lowest BCUT2D eigenvalue weighted by Crippen LogP contribution is -2.02. The molecule has 0 heterocycles. The van der Waals surface area contributed by atoms with Crippen molar-refractivity contribution in [1.82, 2.24) is 5.32 Å². The van der Waals surface area contributed by atoms with Gasteiger partial charge in [0, 0.05) is 18.4 Å². The van der Waals surface area contributed by atoms with E-state index < -0.39 is 0 Å². The second-order valence-electron chi connectivity index (χ2n) is 5.03. The first-order chi connectivity index (χ1) is 9.56. The summed E-state index contributed by atoms with van der Waals surface area (Å²) in [6.45, 7) is 8.21. The smallest absolute Gasteiger partial charge is 0.0349 e. The van der Waals surface area contributed by atoms with Crippen LogP contribution >= 0.6 is 0 Å². The Morgan fingerprint density at radius 2 is 1.85 bits per heavy atom. The molecule has 0 aliphatic carbocycles. The van der Waals surface area contributed by atoms with E-state index in [1.54, 1.807) is 0 Å². The molecule has 20 heavy (non-hydrogen) atoms. The second kappa shape index (κ2) is 5.83. The van der Waals surface area contributed by atoms with Crippen LogP contribution in [0, 0.1) is 6.92 Å².